The van der Waals surface area contributed by atoms with E-state index in [4.69, 9.17) is 4.52 Å². The van der Waals surface area contributed by atoms with Crippen LogP contribution < -0.4 is 0 Å². The Labute approximate surface area is 154 Å². The summed E-state index contributed by atoms with van der Waals surface area (Å²) in [6.45, 7) is 0. The minimum absolute atomic E-state index is 0.114. The number of aromatic nitrogens is 1. The highest BCUT2D eigenvalue weighted by Gasteiger charge is 2.22. The van der Waals surface area contributed by atoms with E-state index >= 15 is 0 Å². The SMILES string of the molecule is O=C(CCCC[C@H]1CCSS1)OS(=O)(=O)Cc1noc2ccccc12. The van der Waals surface area contributed by atoms with Gasteiger partial charge in [0, 0.05) is 22.8 Å². The van der Waals surface area contributed by atoms with Crippen molar-refractivity contribution in [2.24, 2.45) is 0 Å². The lowest BCUT2D eigenvalue weighted by Gasteiger charge is -2.07. The van der Waals surface area contributed by atoms with E-state index in [0.29, 0.717) is 22.6 Å². The van der Waals surface area contributed by atoms with Gasteiger partial charge in [-0.2, -0.15) is 8.42 Å². The fourth-order valence-electron chi connectivity index (χ4n) is 2.63. The van der Waals surface area contributed by atoms with Gasteiger partial charge < -0.3 is 8.71 Å². The molecule has 1 aromatic heterocycles. The monoisotopic (exact) mass is 401 g/mol. The summed E-state index contributed by atoms with van der Waals surface area (Å²) >= 11 is 0. The van der Waals surface area contributed by atoms with Crippen molar-refractivity contribution < 1.29 is 21.9 Å². The van der Waals surface area contributed by atoms with E-state index in [0.717, 1.165) is 12.8 Å². The quantitative estimate of drug-likeness (QED) is 0.374. The van der Waals surface area contributed by atoms with Crippen LogP contribution in [0.1, 0.15) is 37.8 Å². The lowest BCUT2D eigenvalue weighted by Crippen LogP contribution is -2.15. The van der Waals surface area contributed by atoms with Crippen molar-refractivity contribution in [3.05, 3.63) is 30.0 Å². The average Bonchev–Trinajstić information content (AvgIpc) is 3.21. The Morgan fingerprint density at radius 3 is 2.96 bits per heavy atom. The van der Waals surface area contributed by atoms with E-state index in [9.17, 15) is 13.2 Å². The van der Waals surface area contributed by atoms with E-state index < -0.39 is 21.8 Å². The summed E-state index contributed by atoms with van der Waals surface area (Å²) in [6, 6.07) is 6.96. The molecule has 0 aliphatic carbocycles. The van der Waals surface area contributed by atoms with Gasteiger partial charge in [0.05, 0.1) is 0 Å². The molecule has 3 rings (SSSR count). The number of hydrogen-bond donors (Lipinski definition) is 0. The van der Waals surface area contributed by atoms with E-state index in [1.807, 2.05) is 21.6 Å². The highest BCUT2D eigenvalue weighted by molar-refractivity contribution is 8.77. The molecular formula is C16H19NO5S3. The van der Waals surface area contributed by atoms with Crippen LogP contribution in [0.2, 0.25) is 0 Å². The predicted molar refractivity (Wildman–Crippen MR) is 99.6 cm³/mol. The lowest BCUT2D eigenvalue weighted by molar-refractivity contribution is -0.133. The summed E-state index contributed by atoms with van der Waals surface area (Å²) in [7, 11) is -0.236. The fourth-order valence-corrected chi connectivity index (χ4v) is 6.62. The maximum absolute atomic E-state index is 12.1. The van der Waals surface area contributed by atoms with Crippen LogP contribution in [0.25, 0.3) is 11.0 Å². The van der Waals surface area contributed by atoms with Gasteiger partial charge in [0.25, 0.3) is 0 Å². The van der Waals surface area contributed by atoms with Gasteiger partial charge in [0.2, 0.25) is 0 Å². The molecule has 0 radical (unpaired) electrons. The summed E-state index contributed by atoms with van der Waals surface area (Å²) < 4.78 is 33.9. The van der Waals surface area contributed by atoms with E-state index in [-0.39, 0.29) is 12.1 Å². The Bertz CT molecular complexity index is 827. The molecule has 1 saturated heterocycles. The molecule has 1 fully saturated rings. The van der Waals surface area contributed by atoms with E-state index in [1.165, 1.54) is 12.2 Å². The standard InChI is InChI=1S/C16H19NO5S3/c18-16(8-4-1-5-12-9-10-23-24-12)22-25(19,20)11-14-13-6-2-3-7-15(13)21-17-14/h2-3,6-7,12H,1,4-5,8-11H2/t12-/m0/s1. The Balaban J connectivity index is 1.46. The molecule has 0 N–H and O–H groups in total. The molecule has 1 aliphatic heterocycles. The zero-order valence-corrected chi connectivity index (χ0v) is 16.0. The Morgan fingerprint density at radius 2 is 2.16 bits per heavy atom. The smallest absolute Gasteiger partial charge is 0.322 e. The number of nitrogens with zero attached hydrogens (tertiary/aromatic N) is 1. The van der Waals surface area contributed by atoms with Crippen LogP contribution >= 0.6 is 21.6 Å². The van der Waals surface area contributed by atoms with E-state index in [1.54, 1.807) is 24.3 Å². The van der Waals surface area contributed by atoms with Gasteiger partial charge in [0.1, 0.15) is 11.4 Å². The van der Waals surface area contributed by atoms with Crippen LogP contribution in [-0.2, 0) is 24.8 Å². The molecule has 1 aliphatic rings. The minimum atomic E-state index is -4.03. The molecule has 0 spiro atoms. The first-order chi connectivity index (χ1) is 12.0. The molecule has 0 bridgehead atoms. The summed E-state index contributed by atoms with van der Waals surface area (Å²) in [5, 5.41) is 5.02. The normalized spacial score (nSPS) is 17.8. The number of carbonyl (C=O) groups is 1. The first-order valence-corrected chi connectivity index (χ1v) is 12.1. The topological polar surface area (TPSA) is 86.5 Å². The van der Waals surface area contributed by atoms with Crippen molar-refractivity contribution in [2.75, 3.05) is 5.75 Å². The summed E-state index contributed by atoms with van der Waals surface area (Å²) in [5.74, 6) is -0.000788. The molecule has 1 aromatic carbocycles. The Kier molecular flexibility index (Phi) is 6.29. The molecule has 25 heavy (non-hydrogen) atoms. The summed E-state index contributed by atoms with van der Waals surface area (Å²) in [5.41, 5.74) is 0.751. The molecule has 9 heteroatoms. The van der Waals surface area contributed by atoms with Crippen LogP contribution in [0.5, 0.6) is 0 Å². The third-order valence-corrected chi connectivity index (χ3v) is 7.94. The first kappa shape index (κ1) is 18.6. The Morgan fingerprint density at radius 1 is 1.32 bits per heavy atom. The largest absolute Gasteiger partial charge is 0.356 e. The zero-order valence-electron chi connectivity index (χ0n) is 13.5. The minimum Gasteiger partial charge on any atom is -0.356 e. The van der Waals surface area contributed by atoms with Crippen molar-refractivity contribution in [2.45, 2.75) is 43.1 Å². The van der Waals surface area contributed by atoms with Gasteiger partial charge >= 0.3 is 16.1 Å². The van der Waals surface area contributed by atoms with E-state index in [2.05, 4.69) is 9.34 Å². The highest BCUT2D eigenvalue weighted by Crippen LogP contribution is 2.39. The molecule has 2 heterocycles. The number of unbranched alkanes of at least 4 members (excludes halogenated alkanes) is 1. The second kappa shape index (κ2) is 8.46. The number of carbonyl (C=O) groups excluding carboxylic acids is 1. The molecule has 136 valence electrons. The van der Waals surface area contributed by atoms with Crippen LogP contribution in [0.3, 0.4) is 0 Å². The fraction of sp³-hybridized carbons (Fsp3) is 0.500. The Hall–Kier alpha value is -1.19. The molecular weight excluding hydrogens is 382 g/mol. The van der Waals surface area contributed by atoms with Gasteiger partial charge in [0.15, 0.2) is 5.58 Å². The second-order valence-electron chi connectivity index (χ2n) is 5.86. The number of para-hydroxylation sites is 1. The summed E-state index contributed by atoms with van der Waals surface area (Å²) in [4.78, 5) is 11.8. The van der Waals surface area contributed by atoms with Gasteiger partial charge in [-0.05, 0) is 31.4 Å². The van der Waals surface area contributed by atoms with Gasteiger partial charge in [-0.3, -0.25) is 4.79 Å². The van der Waals surface area contributed by atoms with Crippen LogP contribution in [0.15, 0.2) is 28.8 Å². The van der Waals surface area contributed by atoms with Crippen LogP contribution in [-0.4, -0.2) is 30.5 Å². The third kappa shape index (κ3) is 5.39. The molecule has 2 aromatic rings. The third-order valence-electron chi connectivity index (χ3n) is 3.87. The van der Waals surface area contributed by atoms with Crippen molar-refractivity contribution in [1.82, 2.24) is 5.16 Å². The van der Waals surface area contributed by atoms with Gasteiger partial charge in [-0.1, -0.05) is 45.3 Å². The number of benzene rings is 1. The number of rotatable bonds is 8. The van der Waals surface area contributed by atoms with Crippen LogP contribution in [0, 0.1) is 0 Å². The van der Waals surface area contributed by atoms with Gasteiger partial charge in [-0.25, -0.2) is 0 Å². The zero-order chi connectivity index (χ0) is 17.7. The maximum Gasteiger partial charge on any atom is 0.322 e. The second-order valence-corrected chi connectivity index (χ2v) is 10.2. The summed E-state index contributed by atoms with van der Waals surface area (Å²) in [6.07, 6.45) is 3.93. The number of hydrogen-bond acceptors (Lipinski definition) is 8. The molecule has 0 saturated carbocycles. The van der Waals surface area contributed by atoms with Crippen molar-refractivity contribution in [3.8, 4) is 0 Å². The molecule has 6 nitrogen and oxygen atoms in total. The number of fused-ring (bicyclic) bond motifs is 1. The lowest BCUT2D eigenvalue weighted by atomic mass is 10.1. The molecule has 0 unspecified atom stereocenters. The molecule has 0 amide bonds. The first-order valence-electron chi connectivity index (χ1n) is 8.10. The van der Waals surface area contributed by atoms with Crippen LogP contribution in [0.4, 0.5) is 0 Å². The predicted octanol–water partition coefficient (Wildman–Crippen LogP) is 3.91. The maximum atomic E-state index is 12.1. The van der Waals surface area contributed by atoms with Crippen molar-refractivity contribution >= 4 is 48.6 Å². The van der Waals surface area contributed by atoms with Crippen molar-refractivity contribution in [3.63, 3.8) is 0 Å². The highest BCUT2D eigenvalue weighted by atomic mass is 33.1. The van der Waals surface area contributed by atoms with Gasteiger partial charge in [-0.15, -0.1) is 0 Å². The molecule has 1 atom stereocenters. The van der Waals surface area contributed by atoms with Crippen molar-refractivity contribution in [1.29, 1.82) is 0 Å². The average molecular weight is 402 g/mol.